The molecular weight excluding hydrogens is 334 g/mol. The molecule has 8 nitrogen and oxygen atoms in total. The molecule has 2 aromatic rings. The van der Waals surface area contributed by atoms with E-state index in [9.17, 15) is 4.79 Å². The van der Waals surface area contributed by atoms with Crippen LogP contribution in [0.1, 0.15) is 67.5 Å². The second kappa shape index (κ2) is 7.57. The van der Waals surface area contributed by atoms with Crippen molar-refractivity contribution in [1.29, 1.82) is 0 Å². The monoisotopic (exact) mass is 359 g/mol. The molecule has 1 N–H and O–H groups in total. The third-order valence-electron chi connectivity index (χ3n) is 5.29. The minimum atomic E-state index is -0.787. The number of carbonyl (C=O) groups is 1. The first-order valence-electron chi connectivity index (χ1n) is 9.49. The molecule has 8 heteroatoms. The lowest BCUT2D eigenvalue weighted by atomic mass is 10.1. The predicted molar refractivity (Wildman–Crippen MR) is 92.4 cm³/mol. The number of aromatic nitrogens is 4. The van der Waals surface area contributed by atoms with Gasteiger partial charge in [0.25, 0.3) is 0 Å². The zero-order valence-electron chi connectivity index (χ0n) is 14.9. The Morgan fingerprint density at radius 1 is 1.27 bits per heavy atom. The highest BCUT2D eigenvalue weighted by Gasteiger charge is 2.24. The lowest BCUT2D eigenvalue weighted by Gasteiger charge is -2.16. The van der Waals surface area contributed by atoms with Gasteiger partial charge in [0.05, 0.1) is 24.4 Å². The molecule has 3 heterocycles. The molecule has 1 aliphatic heterocycles. The van der Waals surface area contributed by atoms with Crippen molar-refractivity contribution in [3.8, 4) is 0 Å². The van der Waals surface area contributed by atoms with Crippen molar-refractivity contribution in [2.75, 3.05) is 6.54 Å². The van der Waals surface area contributed by atoms with Crippen LogP contribution in [0.5, 0.6) is 0 Å². The summed E-state index contributed by atoms with van der Waals surface area (Å²) in [5.41, 5.74) is 1.98. The molecule has 0 aromatic carbocycles. The second-order valence-corrected chi connectivity index (χ2v) is 7.34. The van der Waals surface area contributed by atoms with Crippen LogP contribution in [0.4, 0.5) is 0 Å². The van der Waals surface area contributed by atoms with E-state index < -0.39 is 5.97 Å². The number of carboxylic acid groups (broad SMARTS) is 1. The van der Waals surface area contributed by atoms with Crippen LogP contribution in [-0.4, -0.2) is 42.4 Å². The third-order valence-corrected chi connectivity index (χ3v) is 5.29. The minimum absolute atomic E-state index is 0.118. The molecule has 2 aliphatic rings. The van der Waals surface area contributed by atoms with Gasteiger partial charge in [0, 0.05) is 32.0 Å². The van der Waals surface area contributed by atoms with Crippen molar-refractivity contribution in [1.82, 2.24) is 24.8 Å². The Balaban J connectivity index is 1.39. The Labute approximate surface area is 152 Å². The molecule has 0 atom stereocenters. The van der Waals surface area contributed by atoms with Gasteiger partial charge in [0.15, 0.2) is 5.82 Å². The highest BCUT2D eigenvalue weighted by Crippen LogP contribution is 2.33. The molecule has 2 aromatic heterocycles. The molecule has 0 amide bonds. The van der Waals surface area contributed by atoms with Crippen LogP contribution in [-0.2, 0) is 30.8 Å². The van der Waals surface area contributed by atoms with Gasteiger partial charge in [0.2, 0.25) is 5.89 Å². The topological polar surface area (TPSA) is 97.3 Å². The smallest absolute Gasteiger partial charge is 0.303 e. The van der Waals surface area contributed by atoms with E-state index in [2.05, 4.69) is 20.1 Å². The predicted octanol–water partition coefficient (Wildman–Crippen LogP) is 2.35. The fourth-order valence-corrected chi connectivity index (χ4v) is 3.95. The van der Waals surface area contributed by atoms with Gasteiger partial charge in [-0.1, -0.05) is 18.0 Å². The zero-order chi connectivity index (χ0) is 17.9. The highest BCUT2D eigenvalue weighted by atomic mass is 16.5. The van der Waals surface area contributed by atoms with Crippen LogP contribution in [0.3, 0.4) is 0 Å². The first kappa shape index (κ1) is 17.2. The van der Waals surface area contributed by atoms with Crippen molar-refractivity contribution < 1.29 is 14.4 Å². The van der Waals surface area contributed by atoms with Gasteiger partial charge in [-0.15, -0.1) is 0 Å². The largest absolute Gasteiger partial charge is 0.481 e. The maximum Gasteiger partial charge on any atom is 0.303 e. The zero-order valence-corrected chi connectivity index (χ0v) is 14.9. The fraction of sp³-hybridized carbons (Fsp3) is 0.667. The fourth-order valence-electron chi connectivity index (χ4n) is 3.95. The summed E-state index contributed by atoms with van der Waals surface area (Å²) in [7, 11) is 0. The molecule has 0 saturated heterocycles. The summed E-state index contributed by atoms with van der Waals surface area (Å²) in [6, 6.07) is 2.03. The molecule has 0 radical (unpaired) electrons. The van der Waals surface area contributed by atoms with Gasteiger partial charge >= 0.3 is 5.97 Å². The summed E-state index contributed by atoms with van der Waals surface area (Å²) in [6.07, 6.45) is 6.41. The summed E-state index contributed by atoms with van der Waals surface area (Å²) in [4.78, 5) is 17.7. The Morgan fingerprint density at radius 3 is 2.92 bits per heavy atom. The SMILES string of the molecule is O=C(O)CCc1cc2n(n1)CCCN(Cc1noc(C3CCCC3)n1)C2. The van der Waals surface area contributed by atoms with Gasteiger partial charge < -0.3 is 9.63 Å². The third kappa shape index (κ3) is 3.95. The molecular formula is C18H25N5O3. The van der Waals surface area contributed by atoms with Gasteiger partial charge in [-0.2, -0.15) is 10.1 Å². The van der Waals surface area contributed by atoms with E-state index >= 15 is 0 Å². The minimum Gasteiger partial charge on any atom is -0.481 e. The summed E-state index contributed by atoms with van der Waals surface area (Å²) < 4.78 is 7.50. The van der Waals surface area contributed by atoms with Crippen LogP contribution < -0.4 is 0 Å². The van der Waals surface area contributed by atoms with Crippen LogP contribution in [0.25, 0.3) is 0 Å². The molecule has 1 fully saturated rings. The molecule has 140 valence electrons. The number of carboxylic acids is 1. The lowest BCUT2D eigenvalue weighted by molar-refractivity contribution is -0.136. The second-order valence-electron chi connectivity index (χ2n) is 7.34. The van der Waals surface area contributed by atoms with E-state index in [0.717, 1.165) is 62.0 Å². The molecule has 26 heavy (non-hydrogen) atoms. The standard InChI is InChI=1S/C18H25N5O3/c24-17(25)7-6-14-10-15-11-22(8-3-9-23(15)20-14)12-16-19-18(26-21-16)13-4-1-2-5-13/h10,13H,1-9,11-12H2,(H,24,25). The average molecular weight is 359 g/mol. The normalized spacial score (nSPS) is 18.8. The molecule has 0 unspecified atom stereocenters. The maximum absolute atomic E-state index is 10.8. The molecule has 0 spiro atoms. The van der Waals surface area contributed by atoms with E-state index in [1.807, 2.05) is 10.7 Å². The van der Waals surface area contributed by atoms with E-state index in [1.54, 1.807) is 0 Å². The number of aryl methyl sites for hydroxylation is 2. The average Bonchev–Trinajstić information content (AvgIpc) is 3.33. The molecule has 1 saturated carbocycles. The van der Waals surface area contributed by atoms with Crippen LogP contribution in [0.2, 0.25) is 0 Å². The van der Waals surface area contributed by atoms with Crippen molar-refractivity contribution in [3.63, 3.8) is 0 Å². The van der Waals surface area contributed by atoms with Gasteiger partial charge in [0.1, 0.15) is 0 Å². The van der Waals surface area contributed by atoms with Crippen molar-refractivity contribution in [3.05, 3.63) is 29.2 Å². The Bertz CT molecular complexity index is 763. The number of nitrogens with zero attached hydrogens (tertiary/aromatic N) is 5. The highest BCUT2D eigenvalue weighted by molar-refractivity contribution is 5.66. The van der Waals surface area contributed by atoms with Crippen LogP contribution in [0, 0.1) is 0 Å². The summed E-state index contributed by atoms with van der Waals surface area (Å²) >= 11 is 0. The number of aliphatic carboxylic acids is 1. The maximum atomic E-state index is 10.8. The van der Waals surface area contributed by atoms with Crippen LogP contribution in [0.15, 0.2) is 10.6 Å². The van der Waals surface area contributed by atoms with E-state index in [0.29, 0.717) is 18.9 Å². The van der Waals surface area contributed by atoms with E-state index in [4.69, 9.17) is 9.63 Å². The van der Waals surface area contributed by atoms with E-state index in [1.165, 1.54) is 12.8 Å². The summed E-state index contributed by atoms with van der Waals surface area (Å²) in [5.74, 6) is 1.21. The number of rotatable bonds is 6. The van der Waals surface area contributed by atoms with Crippen molar-refractivity contribution in [2.24, 2.45) is 0 Å². The molecule has 4 rings (SSSR count). The quantitative estimate of drug-likeness (QED) is 0.845. The number of fused-ring (bicyclic) bond motifs is 1. The molecule has 1 aliphatic carbocycles. The summed E-state index contributed by atoms with van der Waals surface area (Å²) in [5, 5.41) is 17.6. The van der Waals surface area contributed by atoms with Gasteiger partial charge in [-0.3, -0.25) is 14.4 Å². The first-order chi connectivity index (χ1) is 12.7. The number of hydrogen-bond acceptors (Lipinski definition) is 6. The Kier molecular flexibility index (Phi) is 5.01. The first-order valence-corrected chi connectivity index (χ1v) is 9.49. The number of hydrogen-bond donors (Lipinski definition) is 1. The summed E-state index contributed by atoms with van der Waals surface area (Å²) in [6.45, 7) is 3.26. The van der Waals surface area contributed by atoms with Crippen molar-refractivity contribution in [2.45, 2.75) is 70.5 Å². The Hall–Kier alpha value is -2.22. The lowest BCUT2D eigenvalue weighted by Crippen LogP contribution is -2.23. The van der Waals surface area contributed by atoms with Crippen LogP contribution >= 0.6 is 0 Å². The molecule has 0 bridgehead atoms. The Morgan fingerprint density at radius 2 is 2.12 bits per heavy atom. The van der Waals surface area contributed by atoms with Gasteiger partial charge in [-0.05, 0) is 25.3 Å². The van der Waals surface area contributed by atoms with Gasteiger partial charge in [-0.25, -0.2) is 0 Å². The van der Waals surface area contributed by atoms with Crippen molar-refractivity contribution >= 4 is 5.97 Å². The van der Waals surface area contributed by atoms with E-state index in [-0.39, 0.29) is 6.42 Å².